The summed E-state index contributed by atoms with van der Waals surface area (Å²) in [4.78, 5) is 64.1. The molecule has 2 heterocycles. The van der Waals surface area contributed by atoms with Gasteiger partial charge in [-0.05, 0) is 61.0 Å². The highest BCUT2D eigenvalue weighted by atomic mass is 16.7. The summed E-state index contributed by atoms with van der Waals surface area (Å²) in [6, 6.07) is 17.6. The zero-order valence-corrected chi connectivity index (χ0v) is 29.5. The van der Waals surface area contributed by atoms with Crippen molar-refractivity contribution in [2.75, 3.05) is 30.2 Å². The number of nitrogens with one attached hydrogen (secondary N) is 1. The molecule has 0 aliphatic heterocycles. The molecule has 14 heteroatoms. The van der Waals surface area contributed by atoms with Gasteiger partial charge in [0.15, 0.2) is 0 Å². The fraction of sp³-hybridized carbons (Fsp3) is 0.378. The molecular formula is C37H45N7O7. The molecule has 2 aromatic heterocycles. The Hall–Kier alpha value is -5.79. The SMILES string of the molecule is CCCCCCOC(=O)/N=C(/N)c1ccc(NCc2nc3cc(C(=O)N(CCC(=O)OCOC(=O)C(C)C)c4ccccn4)ccc3n2C)cc1. The number of aromatic nitrogens is 3. The van der Waals surface area contributed by atoms with Gasteiger partial charge in [-0.25, -0.2) is 14.8 Å². The van der Waals surface area contributed by atoms with Gasteiger partial charge in [-0.2, -0.15) is 4.99 Å². The minimum Gasteiger partial charge on any atom is -0.448 e. The quantitative estimate of drug-likeness (QED) is 0.0451. The number of aryl methyl sites for hydroxylation is 1. The second-order valence-corrected chi connectivity index (χ2v) is 12.0. The van der Waals surface area contributed by atoms with E-state index in [0.717, 1.165) is 42.7 Å². The number of imidazole rings is 1. The molecule has 0 aliphatic rings. The minimum absolute atomic E-state index is 0.0122. The number of aliphatic imine (C=N–C) groups is 1. The molecule has 14 nitrogen and oxygen atoms in total. The Bertz CT molecular complexity index is 1820. The number of hydrogen-bond donors (Lipinski definition) is 2. The lowest BCUT2D eigenvalue weighted by molar-refractivity contribution is -0.169. The van der Waals surface area contributed by atoms with Gasteiger partial charge in [-0.3, -0.25) is 19.3 Å². The number of ether oxygens (including phenoxy) is 3. The second kappa shape index (κ2) is 18.8. The number of hydrogen-bond acceptors (Lipinski definition) is 10. The van der Waals surface area contributed by atoms with Crippen LogP contribution in [0.15, 0.2) is 71.9 Å². The maximum absolute atomic E-state index is 13.8. The Morgan fingerprint density at radius 2 is 1.73 bits per heavy atom. The summed E-state index contributed by atoms with van der Waals surface area (Å²) in [6.45, 7) is 5.67. The number of unbranched alkanes of at least 4 members (excludes halogenated alkanes) is 3. The van der Waals surface area contributed by atoms with Crippen LogP contribution >= 0.6 is 0 Å². The van der Waals surface area contributed by atoms with Crippen LogP contribution in [-0.2, 0) is 37.4 Å². The van der Waals surface area contributed by atoms with E-state index in [2.05, 4.69) is 22.2 Å². The first kappa shape index (κ1) is 38.0. The van der Waals surface area contributed by atoms with Crippen molar-refractivity contribution in [1.82, 2.24) is 14.5 Å². The van der Waals surface area contributed by atoms with Gasteiger partial charge in [-0.15, -0.1) is 0 Å². The first-order chi connectivity index (χ1) is 24.6. The second-order valence-electron chi connectivity index (χ2n) is 12.0. The Morgan fingerprint density at radius 1 is 0.961 bits per heavy atom. The van der Waals surface area contributed by atoms with E-state index < -0.39 is 24.8 Å². The molecule has 4 rings (SSSR count). The molecule has 0 aliphatic carbocycles. The van der Waals surface area contributed by atoms with Crippen molar-refractivity contribution < 1.29 is 33.4 Å². The monoisotopic (exact) mass is 699 g/mol. The average Bonchev–Trinajstić information content (AvgIpc) is 3.45. The Kier molecular flexibility index (Phi) is 14.0. The third kappa shape index (κ3) is 11.1. The molecule has 0 saturated heterocycles. The summed E-state index contributed by atoms with van der Waals surface area (Å²) in [7, 11) is 1.89. The molecule has 0 radical (unpaired) electrons. The predicted octanol–water partition coefficient (Wildman–Crippen LogP) is 5.74. The highest BCUT2D eigenvalue weighted by molar-refractivity contribution is 6.07. The number of amides is 2. The maximum atomic E-state index is 13.8. The fourth-order valence-corrected chi connectivity index (χ4v) is 4.95. The van der Waals surface area contributed by atoms with Crippen molar-refractivity contribution in [3.05, 3.63) is 83.8 Å². The van der Waals surface area contributed by atoms with Crippen LogP contribution in [0.1, 0.15) is 74.6 Å². The van der Waals surface area contributed by atoms with Gasteiger partial charge >= 0.3 is 18.0 Å². The largest absolute Gasteiger partial charge is 0.448 e. The molecule has 4 aromatic rings. The van der Waals surface area contributed by atoms with Gasteiger partial charge < -0.3 is 29.8 Å². The molecular weight excluding hydrogens is 654 g/mol. The number of nitrogens with zero attached hydrogens (tertiary/aromatic N) is 5. The van der Waals surface area contributed by atoms with Crippen LogP contribution in [0.5, 0.6) is 0 Å². The van der Waals surface area contributed by atoms with Crippen LogP contribution in [0.2, 0.25) is 0 Å². The van der Waals surface area contributed by atoms with Crippen LogP contribution in [0.3, 0.4) is 0 Å². The van der Waals surface area contributed by atoms with Crippen LogP contribution in [0.4, 0.5) is 16.3 Å². The van der Waals surface area contributed by atoms with Gasteiger partial charge in [0.05, 0.1) is 36.5 Å². The smallest absolute Gasteiger partial charge is 0.435 e. The van der Waals surface area contributed by atoms with E-state index in [1.807, 2.05) is 29.8 Å². The van der Waals surface area contributed by atoms with Crippen molar-refractivity contribution in [3.8, 4) is 0 Å². The molecule has 0 spiro atoms. The Labute approximate surface area is 297 Å². The zero-order valence-electron chi connectivity index (χ0n) is 29.5. The Morgan fingerprint density at radius 3 is 2.43 bits per heavy atom. The number of amidine groups is 1. The van der Waals surface area contributed by atoms with Gasteiger partial charge in [0.2, 0.25) is 6.79 Å². The fourth-order valence-electron chi connectivity index (χ4n) is 4.95. The standard InChI is InChI=1S/C37H45N7O7/c1-5-6-7-10-21-49-37(48)42-34(38)26-12-15-28(16-13-26)40-23-32-41-29-22-27(14-17-30(29)43(32)4)35(46)44(31-11-8-9-19-39-31)20-18-33(45)50-24-51-36(47)25(2)3/h8-9,11-17,19,22,25,40H,5-7,10,18,20-21,23-24H2,1-4H3,(H2,38,42,48). The molecule has 0 fully saturated rings. The number of esters is 2. The number of nitrogens with two attached hydrogens (primary N) is 1. The summed E-state index contributed by atoms with van der Waals surface area (Å²) >= 11 is 0. The molecule has 0 saturated carbocycles. The highest BCUT2D eigenvalue weighted by Crippen LogP contribution is 2.21. The lowest BCUT2D eigenvalue weighted by Gasteiger charge is -2.21. The van der Waals surface area contributed by atoms with E-state index in [4.69, 9.17) is 24.9 Å². The first-order valence-corrected chi connectivity index (χ1v) is 16.9. The number of fused-ring (bicyclic) bond motifs is 1. The summed E-state index contributed by atoms with van der Waals surface area (Å²) in [5, 5.41) is 3.33. The van der Waals surface area contributed by atoms with Crippen molar-refractivity contribution >= 4 is 52.3 Å². The average molecular weight is 700 g/mol. The molecule has 3 N–H and O–H groups in total. The third-order valence-electron chi connectivity index (χ3n) is 7.89. The van der Waals surface area contributed by atoms with Gasteiger partial charge in [-0.1, -0.05) is 46.1 Å². The highest BCUT2D eigenvalue weighted by Gasteiger charge is 2.22. The zero-order chi connectivity index (χ0) is 36.8. The van der Waals surface area contributed by atoms with E-state index in [1.165, 1.54) is 4.90 Å². The molecule has 270 valence electrons. The van der Waals surface area contributed by atoms with E-state index in [1.54, 1.807) is 62.5 Å². The van der Waals surface area contributed by atoms with Crippen molar-refractivity contribution in [2.24, 2.45) is 23.7 Å². The lowest BCUT2D eigenvalue weighted by atomic mass is 10.1. The summed E-state index contributed by atoms with van der Waals surface area (Å²) in [5.41, 5.74) is 9.22. The minimum atomic E-state index is -0.704. The summed E-state index contributed by atoms with van der Waals surface area (Å²) < 4.78 is 17.0. The molecule has 0 atom stereocenters. The number of anilines is 2. The number of rotatable bonds is 17. The normalized spacial score (nSPS) is 11.4. The van der Waals surface area contributed by atoms with Crippen molar-refractivity contribution in [2.45, 2.75) is 59.4 Å². The van der Waals surface area contributed by atoms with Gasteiger partial charge in [0, 0.05) is 36.6 Å². The summed E-state index contributed by atoms with van der Waals surface area (Å²) in [5.74, 6) is -0.661. The van der Waals surface area contributed by atoms with Crippen molar-refractivity contribution in [3.63, 3.8) is 0 Å². The number of carbonyl (C=O) groups excluding carboxylic acids is 4. The predicted molar refractivity (Wildman–Crippen MR) is 193 cm³/mol. The maximum Gasteiger partial charge on any atom is 0.435 e. The number of benzene rings is 2. The van der Waals surface area contributed by atoms with Crippen LogP contribution < -0.4 is 16.0 Å². The summed E-state index contributed by atoms with van der Waals surface area (Å²) in [6.07, 6.45) is 4.71. The first-order valence-electron chi connectivity index (χ1n) is 16.9. The molecule has 0 bridgehead atoms. The number of pyridine rings is 1. The van der Waals surface area contributed by atoms with E-state index >= 15 is 0 Å². The van der Waals surface area contributed by atoms with Gasteiger partial charge in [0.1, 0.15) is 17.5 Å². The van der Waals surface area contributed by atoms with Crippen LogP contribution in [0.25, 0.3) is 11.0 Å². The van der Waals surface area contributed by atoms with Gasteiger partial charge in [0.25, 0.3) is 5.91 Å². The molecule has 0 unspecified atom stereocenters. The van der Waals surface area contributed by atoms with Crippen molar-refractivity contribution in [1.29, 1.82) is 0 Å². The van der Waals surface area contributed by atoms with Crippen LogP contribution in [0, 0.1) is 5.92 Å². The van der Waals surface area contributed by atoms with Crippen LogP contribution in [-0.4, -0.2) is 64.3 Å². The lowest BCUT2D eigenvalue weighted by Crippen LogP contribution is -2.34. The third-order valence-corrected chi connectivity index (χ3v) is 7.89. The topological polar surface area (TPSA) is 180 Å². The number of carbonyl (C=O) groups is 4. The Balaban J connectivity index is 1.38. The van der Waals surface area contributed by atoms with E-state index in [0.29, 0.717) is 35.6 Å². The molecule has 2 aromatic carbocycles. The molecule has 51 heavy (non-hydrogen) atoms. The van der Waals surface area contributed by atoms with E-state index in [-0.39, 0.29) is 30.6 Å². The van der Waals surface area contributed by atoms with E-state index in [9.17, 15) is 19.2 Å². The molecule has 2 amide bonds.